The molecule has 0 spiro atoms. The molecule has 2 aliphatic heterocycles. The van der Waals surface area contributed by atoms with E-state index in [1.807, 2.05) is 6.92 Å². The molecule has 6 heteroatoms. The Morgan fingerprint density at radius 2 is 2.19 bits per heavy atom. The summed E-state index contributed by atoms with van der Waals surface area (Å²) < 4.78 is 19.0. The molecule has 2 atom stereocenters. The molecule has 1 saturated heterocycles. The number of nitrogens with zero attached hydrogens (tertiary/aromatic N) is 3. The minimum atomic E-state index is -0.286. The molecule has 1 N–H and O–H groups in total. The van der Waals surface area contributed by atoms with E-state index < -0.39 is 0 Å². The van der Waals surface area contributed by atoms with Gasteiger partial charge in [-0.3, -0.25) is 4.90 Å². The zero-order valence-electron chi connectivity index (χ0n) is 15.7. The molecule has 0 saturated carbocycles. The number of nitrogens with one attached hydrogen (secondary N) is 1. The number of hydrogen-bond acceptors (Lipinski definition) is 3. The van der Waals surface area contributed by atoms with E-state index in [4.69, 9.17) is 9.73 Å². The predicted octanol–water partition coefficient (Wildman–Crippen LogP) is 2.50. The van der Waals surface area contributed by atoms with Gasteiger partial charge in [-0.05, 0) is 32.4 Å². The van der Waals surface area contributed by atoms with Crippen LogP contribution in [0.2, 0.25) is 0 Å². The summed E-state index contributed by atoms with van der Waals surface area (Å²) in [7, 11) is 0. The highest BCUT2D eigenvalue weighted by molar-refractivity contribution is 5.80. The van der Waals surface area contributed by atoms with E-state index in [2.05, 4.69) is 34.2 Å². The largest absolute Gasteiger partial charge is 0.489 e. The number of likely N-dealkylation sites (tertiary alicyclic amines) is 1. The smallest absolute Gasteiger partial charge is 0.194 e. The lowest BCUT2D eigenvalue weighted by Gasteiger charge is -2.25. The van der Waals surface area contributed by atoms with Crippen LogP contribution >= 0.6 is 0 Å². The summed E-state index contributed by atoms with van der Waals surface area (Å²) in [4.78, 5) is 9.60. The summed E-state index contributed by atoms with van der Waals surface area (Å²) in [5.41, 5.74) is 0. The number of halogens is 1. The molecule has 0 amide bonds. The fourth-order valence-electron chi connectivity index (χ4n) is 3.48. The lowest BCUT2D eigenvalue weighted by Crippen LogP contribution is -2.43. The summed E-state index contributed by atoms with van der Waals surface area (Å²) in [6.07, 6.45) is 5.54. The van der Waals surface area contributed by atoms with E-state index in [-0.39, 0.29) is 11.9 Å². The summed E-state index contributed by atoms with van der Waals surface area (Å²) >= 11 is 0. The van der Waals surface area contributed by atoms with Crippen molar-refractivity contribution in [2.75, 3.05) is 39.3 Å². The van der Waals surface area contributed by atoms with Gasteiger partial charge in [0.05, 0.1) is 6.54 Å². The van der Waals surface area contributed by atoms with Crippen molar-refractivity contribution in [1.82, 2.24) is 15.1 Å². The second-order valence-corrected chi connectivity index (χ2v) is 6.89. The maximum Gasteiger partial charge on any atom is 0.194 e. The number of aliphatic imine (C=N–C) groups is 1. The molecule has 5 nitrogen and oxygen atoms in total. The number of ether oxygens (including phenoxy) is 1. The van der Waals surface area contributed by atoms with Crippen molar-refractivity contribution in [3.8, 4) is 5.75 Å². The second kappa shape index (κ2) is 9.03. The Morgan fingerprint density at radius 1 is 1.38 bits per heavy atom. The van der Waals surface area contributed by atoms with Crippen LogP contribution in [0.25, 0.3) is 0 Å². The van der Waals surface area contributed by atoms with Crippen LogP contribution in [0.1, 0.15) is 20.3 Å². The molecular weight excluding hydrogens is 331 g/mol. The van der Waals surface area contributed by atoms with Gasteiger partial charge in [0.25, 0.3) is 0 Å². The molecule has 0 aromatic heterocycles. The minimum absolute atomic E-state index is 0.119. The molecule has 0 bridgehead atoms. The van der Waals surface area contributed by atoms with Crippen molar-refractivity contribution < 1.29 is 9.13 Å². The van der Waals surface area contributed by atoms with Gasteiger partial charge in [0.15, 0.2) is 5.96 Å². The average molecular weight is 360 g/mol. The van der Waals surface area contributed by atoms with Crippen LogP contribution in [-0.2, 0) is 0 Å². The van der Waals surface area contributed by atoms with Gasteiger partial charge < -0.3 is 15.0 Å². The third-order valence-electron chi connectivity index (χ3n) is 4.79. The number of hydrogen-bond donors (Lipinski definition) is 1. The molecule has 0 aliphatic carbocycles. The van der Waals surface area contributed by atoms with Crippen molar-refractivity contribution in [1.29, 1.82) is 0 Å². The molecule has 2 aliphatic rings. The van der Waals surface area contributed by atoms with Gasteiger partial charge >= 0.3 is 0 Å². The number of benzene rings is 1. The highest BCUT2D eigenvalue weighted by Crippen LogP contribution is 2.18. The fraction of sp³-hybridized carbons (Fsp3) is 0.550. The minimum Gasteiger partial charge on any atom is -0.489 e. The SMILES string of the molecule is CCNC(=NCC(C)Oc1cccc(F)c1)N1CCC(N2CC=CC2)C1. The van der Waals surface area contributed by atoms with Gasteiger partial charge in [-0.25, -0.2) is 9.38 Å². The van der Waals surface area contributed by atoms with Crippen molar-refractivity contribution >= 4 is 5.96 Å². The Kier molecular flexibility index (Phi) is 6.50. The zero-order valence-corrected chi connectivity index (χ0v) is 15.7. The lowest BCUT2D eigenvalue weighted by molar-refractivity contribution is 0.228. The van der Waals surface area contributed by atoms with Crippen LogP contribution in [0.3, 0.4) is 0 Å². The molecular formula is C20H29FN4O. The zero-order chi connectivity index (χ0) is 18.4. The van der Waals surface area contributed by atoms with Crippen LogP contribution in [0.5, 0.6) is 5.75 Å². The second-order valence-electron chi connectivity index (χ2n) is 6.89. The monoisotopic (exact) mass is 360 g/mol. The fourth-order valence-corrected chi connectivity index (χ4v) is 3.48. The normalized spacial score (nSPS) is 22.0. The molecule has 26 heavy (non-hydrogen) atoms. The lowest BCUT2D eigenvalue weighted by atomic mass is 10.2. The van der Waals surface area contributed by atoms with E-state index in [0.29, 0.717) is 18.3 Å². The molecule has 1 aromatic rings. The Morgan fingerprint density at radius 3 is 2.92 bits per heavy atom. The third kappa shape index (κ3) is 4.97. The maximum atomic E-state index is 13.3. The molecule has 0 radical (unpaired) electrons. The topological polar surface area (TPSA) is 40.1 Å². The Hall–Kier alpha value is -2.08. The van der Waals surface area contributed by atoms with Crippen LogP contribution in [0, 0.1) is 5.82 Å². The first kappa shape index (κ1) is 18.7. The first-order valence-electron chi connectivity index (χ1n) is 9.50. The first-order valence-corrected chi connectivity index (χ1v) is 9.50. The summed E-state index contributed by atoms with van der Waals surface area (Å²) in [5.74, 6) is 1.20. The van der Waals surface area contributed by atoms with Gasteiger partial charge in [0, 0.05) is 44.8 Å². The van der Waals surface area contributed by atoms with Crippen molar-refractivity contribution in [2.45, 2.75) is 32.4 Å². The van der Waals surface area contributed by atoms with Crippen molar-refractivity contribution in [3.05, 3.63) is 42.2 Å². The third-order valence-corrected chi connectivity index (χ3v) is 4.79. The molecule has 142 valence electrons. The Bertz CT molecular complexity index is 640. The quantitative estimate of drug-likeness (QED) is 0.481. The highest BCUT2D eigenvalue weighted by Gasteiger charge is 2.29. The van der Waals surface area contributed by atoms with E-state index in [0.717, 1.165) is 38.7 Å². The predicted molar refractivity (Wildman–Crippen MR) is 103 cm³/mol. The first-order chi connectivity index (χ1) is 12.7. The van der Waals surface area contributed by atoms with Crippen LogP contribution in [0.15, 0.2) is 41.4 Å². The number of rotatable bonds is 6. The van der Waals surface area contributed by atoms with E-state index in [1.54, 1.807) is 12.1 Å². The van der Waals surface area contributed by atoms with Crippen LogP contribution < -0.4 is 10.1 Å². The summed E-state index contributed by atoms with van der Waals surface area (Å²) in [6, 6.07) is 6.83. The summed E-state index contributed by atoms with van der Waals surface area (Å²) in [6.45, 7) is 9.56. The van der Waals surface area contributed by atoms with E-state index in [9.17, 15) is 4.39 Å². The summed E-state index contributed by atoms with van der Waals surface area (Å²) in [5, 5.41) is 3.39. The van der Waals surface area contributed by atoms with Gasteiger partial charge in [-0.2, -0.15) is 0 Å². The molecule has 2 heterocycles. The van der Waals surface area contributed by atoms with E-state index >= 15 is 0 Å². The molecule has 2 unspecified atom stereocenters. The molecule has 3 rings (SSSR count). The van der Waals surface area contributed by atoms with Crippen LogP contribution in [0.4, 0.5) is 4.39 Å². The molecule has 1 aromatic carbocycles. The van der Waals surface area contributed by atoms with Crippen molar-refractivity contribution in [2.24, 2.45) is 4.99 Å². The van der Waals surface area contributed by atoms with Gasteiger partial charge in [0.1, 0.15) is 17.7 Å². The van der Waals surface area contributed by atoms with Gasteiger partial charge in [-0.15, -0.1) is 0 Å². The average Bonchev–Trinajstić information content (AvgIpc) is 3.29. The van der Waals surface area contributed by atoms with E-state index in [1.165, 1.54) is 18.6 Å². The number of guanidine groups is 1. The highest BCUT2D eigenvalue weighted by atomic mass is 19.1. The molecule has 1 fully saturated rings. The standard InChI is InChI=1S/C20H29FN4O/c1-3-22-20(25-12-9-18(15-25)24-10-4-5-11-24)23-14-16(2)26-19-8-6-7-17(21)13-19/h4-8,13,16,18H,3,9-12,14-15H2,1-2H3,(H,22,23). The van der Waals surface area contributed by atoms with Gasteiger partial charge in [0.2, 0.25) is 0 Å². The Labute approximate surface area is 155 Å². The van der Waals surface area contributed by atoms with Crippen molar-refractivity contribution in [3.63, 3.8) is 0 Å². The Balaban J connectivity index is 1.55. The van der Waals surface area contributed by atoms with Gasteiger partial charge in [-0.1, -0.05) is 18.2 Å². The maximum absolute atomic E-state index is 13.3. The van der Waals surface area contributed by atoms with Crippen LogP contribution in [-0.4, -0.2) is 67.2 Å².